The largest absolute Gasteiger partial charge is 0.493 e. The zero-order valence-electron chi connectivity index (χ0n) is 14.2. The lowest BCUT2D eigenvalue weighted by Gasteiger charge is -2.14. The normalized spacial score (nSPS) is 10.6. The van der Waals surface area contributed by atoms with Crippen LogP contribution in [-0.2, 0) is 20.2 Å². The van der Waals surface area contributed by atoms with Crippen LogP contribution >= 0.6 is 27.5 Å². The molecule has 1 aromatic heterocycles. The van der Waals surface area contributed by atoms with Crippen LogP contribution in [0.2, 0.25) is 5.02 Å². The lowest BCUT2D eigenvalue weighted by molar-refractivity contribution is 0.284. The molecule has 0 radical (unpaired) electrons. The lowest BCUT2D eigenvalue weighted by Crippen LogP contribution is -2.07. The molecule has 136 valence electrons. The van der Waals surface area contributed by atoms with Crippen LogP contribution < -0.4 is 14.8 Å². The summed E-state index contributed by atoms with van der Waals surface area (Å²) in [4.78, 5) is 0. The summed E-state index contributed by atoms with van der Waals surface area (Å²) in [7, 11) is 3.38. The highest BCUT2D eigenvalue weighted by Gasteiger charge is 2.12. The maximum absolute atomic E-state index is 6.01. The SMILES string of the molecule is COc1cc(CNc2nnnn2C)c(Br)cc1OCc1cccc(Cl)c1. The molecule has 0 spiro atoms. The van der Waals surface area contributed by atoms with Gasteiger partial charge in [0.1, 0.15) is 6.61 Å². The summed E-state index contributed by atoms with van der Waals surface area (Å²) in [5, 5.41) is 15.1. The molecule has 2 aromatic carbocycles. The Kier molecular flexibility index (Phi) is 5.95. The average molecular weight is 439 g/mol. The predicted octanol–water partition coefficient (Wildman–Crippen LogP) is 3.83. The second kappa shape index (κ2) is 8.37. The van der Waals surface area contributed by atoms with Crippen LogP contribution in [-0.4, -0.2) is 27.3 Å². The van der Waals surface area contributed by atoms with E-state index < -0.39 is 0 Å². The lowest BCUT2D eigenvalue weighted by atomic mass is 10.2. The first-order valence-electron chi connectivity index (χ1n) is 7.76. The zero-order chi connectivity index (χ0) is 18.5. The molecule has 26 heavy (non-hydrogen) atoms. The molecule has 1 heterocycles. The summed E-state index contributed by atoms with van der Waals surface area (Å²) < 4.78 is 13.8. The zero-order valence-corrected chi connectivity index (χ0v) is 16.6. The van der Waals surface area contributed by atoms with Crippen molar-refractivity contribution >= 4 is 33.5 Å². The molecule has 1 N–H and O–H groups in total. The van der Waals surface area contributed by atoms with Crippen LogP contribution in [0.5, 0.6) is 11.5 Å². The number of tetrazole rings is 1. The van der Waals surface area contributed by atoms with Gasteiger partial charge in [-0.25, -0.2) is 4.68 Å². The van der Waals surface area contributed by atoms with Crippen LogP contribution in [0.25, 0.3) is 0 Å². The molecule has 0 amide bonds. The van der Waals surface area contributed by atoms with E-state index in [9.17, 15) is 0 Å². The first kappa shape index (κ1) is 18.5. The number of benzene rings is 2. The van der Waals surface area contributed by atoms with E-state index in [-0.39, 0.29) is 0 Å². The van der Waals surface area contributed by atoms with Crippen molar-refractivity contribution in [2.45, 2.75) is 13.2 Å². The quantitative estimate of drug-likeness (QED) is 0.604. The van der Waals surface area contributed by atoms with Gasteiger partial charge < -0.3 is 14.8 Å². The molecular weight excluding hydrogens is 422 g/mol. The van der Waals surface area contributed by atoms with Crippen molar-refractivity contribution in [3.05, 3.63) is 57.0 Å². The Labute approximate surface area is 164 Å². The van der Waals surface area contributed by atoms with Gasteiger partial charge in [0.05, 0.1) is 7.11 Å². The highest BCUT2D eigenvalue weighted by atomic mass is 79.9. The Balaban J connectivity index is 1.73. The highest BCUT2D eigenvalue weighted by molar-refractivity contribution is 9.10. The highest BCUT2D eigenvalue weighted by Crippen LogP contribution is 2.34. The Bertz CT molecular complexity index is 903. The molecule has 0 saturated carbocycles. The van der Waals surface area contributed by atoms with E-state index in [0.717, 1.165) is 15.6 Å². The molecule has 0 saturated heterocycles. The van der Waals surface area contributed by atoms with Gasteiger partial charge in [-0.2, -0.15) is 0 Å². The van der Waals surface area contributed by atoms with Gasteiger partial charge in [-0.1, -0.05) is 44.8 Å². The van der Waals surface area contributed by atoms with Crippen molar-refractivity contribution in [3.63, 3.8) is 0 Å². The summed E-state index contributed by atoms with van der Waals surface area (Å²) >= 11 is 9.58. The summed E-state index contributed by atoms with van der Waals surface area (Å²) in [6.45, 7) is 0.922. The van der Waals surface area contributed by atoms with Crippen molar-refractivity contribution < 1.29 is 9.47 Å². The minimum absolute atomic E-state index is 0.394. The number of ether oxygens (including phenoxy) is 2. The van der Waals surface area contributed by atoms with Gasteiger partial charge in [0.25, 0.3) is 0 Å². The van der Waals surface area contributed by atoms with Gasteiger partial charge >= 0.3 is 0 Å². The van der Waals surface area contributed by atoms with E-state index in [1.165, 1.54) is 0 Å². The second-order valence-corrected chi connectivity index (χ2v) is 6.78. The first-order valence-corrected chi connectivity index (χ1v) is 8.94. The van der Waals surface area contributed by atoms with Crippen molar-refractivity contribution in [2.24, 2.45) is 7.05 Å². The molecule has 0 aliphatic rings. The third kappa shape index (κ3) is 4.44. The molecular formula is C17H17BrClN5O2. The maximum atomic E-state index is 6.01. The Morgan fingerprint density at radius 2 is 2.08 bits per heavy atom. The molecule has 0 fully saturated rings. The number of methoxy groups -OCH3 is 1. The molecule has 3 aromatic rings. The fraction of sp³-hybridized carbons (Fsp3) is 0.235. The smallest absolute Gasteiger partial charge is 0.242 e. The maximum Gasteiger partial charge on any atom is 0.242 e. The van der Waals surface area contributed by atoms with Crippen LogP contribution in [0, 0.1) is 0 Å². The van der Waals surface area contributed by atoms with Crippen LogP contribution in [0.1, 0.15) is 11.1 Å². The van der Waals surface area contributed by atoms with Crippen molar-refractivity contribution in [1.29, 1.82) is 0 Å². The van der Waals surface area contributed by atoms with Crippen LogP contribution in [0.4, 0.5) is 5.95 Å². The standard InChI is InChI=1S/C17H17BrClN5O2/c1-24-17(21-22-23-24)20-9-12-7-15(25-2)16(8-14(12)18)26-10-11-4-3-5-13(19)6-11/h3-8H,9-10H2,1-2H3,(H,20,21,23). The van der Waals surface area contributed by atoms with Gasteiger partial charge in [-0.15, -0.1) is 0 Å². The van der Waals surface area contributed by atoms with Crippen molar-refractivity contribution in [3.8, 4) is 11.5 Å². The van der Waals surface area contributed by atoms with E-state index in [0.29, 0.717) is 35.6 Å². The molecule has 9 heteroatoms. The van der Waals surface area contributed by atoms with Gasteiger partial charge in [0.2, 0.25) is 5.95 Å². The minimum Gasteiger partial charge on any atom is -0.493 e. The third-order valence-electron chi connectivity index (χ3n) is 3.67. The molecule has 0 aliphatic heterocycles. The molecule has 0 atom stereocenters. The number of hydrogen-bond acceptors (Lipinski definition) is 6. The number of halogens is 2. The Hall–Kier alpha value is -2.32. The number of anilines is 1. The molecule has 7 nitrogen and oxygen atoms in total. The topological polar surface area (TPSA) is 74.1 Å². The second-order valence-electron chi connectivity index (χ2n) is 5.49. The fourth-order valence-electron chi connectivity index (χ4n) is 2.33. The number of nitrogens with one attached hydrogen (secondary N) is 1. The number of nitrogens with zero attached hydrogens (tertiary/aromatic N) is 4. The predicted molar refractivity (Wildman–Crippen MR) is 103 cm³/mol. The van der Waals surface area contributed by atoms with Crippen LogP contribution in [0.3, 0.4) is 0 Å². The Morgan fingerprint density at radius 3 is 2.77 bits per heavy atom. The fourth-order valence-corrected chi connectivity index (χ4v) is 3.00. The van der Waals surface area contributed by atoms with E-state index in [1.807, 2.05) is 36.4 Å². The van der Waals surface area contributed by atoms with Gasteiger partial charge in [0, 0.05) is 23.1 Å². The monoisotopic (exact) mass is 437 g/mol. The number of rotatable bonds is 7. The number of aryl methyl sites for hydroxylation is 1. The number of hydrogen-bond donors (Lipinski definition) is 1. The van der Waals surface area contributed by atoms with E-state index in [2.05, 4.69) is 36.8 Å². The van der Waals surface area contributed by atoms with Crippen LogP contribution in [0.15, 0.2) is 40.9 Å². The average Bonchev–Trinajstić information content (AvgIpc) is 3.04. The summed E-state index contributed by atoms with van der Waals surface area (Å²) in [6.07, 6.45) is 0. The molecule has 0 unspecified atom stereocenters. The minimum atomic E-state index is 0.394. The molecule has 0 bridgehead atoms. The Morgan fingerprint density at radius 1 is 1.23 bits per heavy atom. The summed E-state index contributed by atoms with van der Waals surface area (Å²) in [5.41, 5.74) is 1.97. The van der Waals surface area contributed by atoms with Gasteiger partial charge in [-0.3, -0.25) is 0 Å². The van der Waals surface area contributed by atoms with Gasteiger partial charge in [0.15, 0.2) is 11.5 Å². The first-order chi connectivity index (χ1) is 12.6. The third-order valence-corrected chi connectivity index (χ3v) is 4.65. The molecule has 0 aliphatic carbocycles. The summed E-state index contributed by atoms with van der Waals surface area (Å²) in [6, 6.07) is 11.3. The van der Waals surface area contributed by atoms with E-state index >= 15 is 0 Å². The van der Waals surface area contributed by atoms with Crippen molar-refractivity contribution in [2.75, 3.05) is 12.4 Å². The summed E-state index contributed by atoms with van der Waals surface area (Å²) in [5.74, 6) is 1.86. The van der Waals surface area contributed by atoms with Crippen molar-refractivity contribution in [1.82, 2.24) is 20.2 Å². The number of aromatic nitrogens is 4. The molecule has 3 rings (SSSR count). The van der Waals surface area contributed by atoms with E-state index in [1.54, 1.807) is 18.8 Å². The van der Waals surface area contributed by atoms with Gasteiger partial charge in [-0.05, 0) is 45.8 Å². The van der Waals surface area contributed by atoms with E-state index in [4.69, 9.17) is 21.1 Å².